The van der Waals surface area contributed by atoms with Gasteiger partial charge in [-0.1, -0.05) is 88.4 Å². The predicted molar refractivity (Wildman–Crippen MR) is 131 cm³/mol. The highest BCUT2D eigenvalue weighted by Crippen LogP contribution is 2.45. The minimum atomic E-state index is -0.00605. The van der Waals surface area contributed by atoms with Crippen LogP contribution in [0.15, 0.2) is 60.7 Å². The molecule has 2 rings (SSSR count). The lowest BCUT2D eigenvalue weighted by molar-refractivity contribution is -0.991. The molecule has 4 heteroatoms. The average Bonchev–Trinajstić information content (AvgIpc) is 2.73. The predicted octanol–water partition coefficient (Wildman–Crippen LogP) is 3.63. The molecule has 0 aliphatic carbocycles. The summed E-state index contributed by atoms with van der Waals surface area (Å²) in [5.74, 6) is 1.19. The summed E-state index contributed by atoms with van der Waals surface area (Å²) < 4.78 is 13.0. The maximum atomic E-state index is 6.38. The first-order valence-electron chi connectivity index (χ1n) is 11.8. The van der Waals surface area contributed by atoms with Gasteiger partial charge in [-0.15, -0.1) is 0 Å². The molecule has 3 nitrogen and oxygen atoms in total. The largest absolute Gasteiger partial charge is 1.00 e. The molecule has 1 unspecified atom stereocenters. The van der Waals surface area contributed by atoms with Gasteiger partial charge in [0.1, 0.15) is 5.54 Å². The molecule has 0 aromatic heterocycles. The van der Waals surface area contributed by atoms with E-state index in [0.717, 1.165) is 17.3 Å². The van der Waals surface area contributed by atoms with Crippen molar-refractivity contribution in [2.45, 2.75) is 65.8 Å². The quantitative estimate of drug-likeness (QED) is 0.257. The van der Waals surface area contributed by atoms with Gasteiger partial charge < -0.3 is 21.9 Å². The third kappa shape index (κ3) is 7.59. The van der Waals surface area contributed by atoms with Crippen molar-refractivity contribution in [2.24, 2.45) is 11.8 Å². The van der Waals surface area contributed by atoms with Crippen LogP contribution in [-0.4, -0.2) is 38.0 Å². The van der Waals surface area contributed by atoms with E-state index in [0.29, 0.717) is 31.7 Å². The van der Waals surface area contributed by atoms with E-state index in [2.05, 4.69) is 91.2 Å². The monoisotopic (exact) mass is 461 g/mol. The van der Waals surface area contributed by atoms with Crippen LogP contribution in [0.5, 0.6) is 0 Å². The molecule has 32 heavy (non-hydrogen) atoms. The van der Waals surface area contributed by atoms with Gasteiger partial charge in [-0.3, -0.25) is 4.48 Å². The molecular formula is C28H44ClNO2. The number of halogens is 1. The van der Waals surface area contributed by atoms with Crippen molar-refractivity contribution in [3.05, 3.63) is 71.8 Å². The Morgan fingerprint density at radius 1 is 0.750 bits per heavy atom. The Morgan fingerprint density at radius 3 is 1.75 bits per heavy atom. The molecule has 0 aliphatic rings. The van der Waals surface area contributed by atoms with E-state index in [9.17, 15) is 0 Å². The van der Waals surface area contributed by atoms with Gasteiger partial charge in [-0.2, -0.15) is 0 Å². The van der Waals surface area contributed by atoms with Crippen molar-refractivity contribution in [2.75, 3.05) is 27.3 Å². The highest BCUT2D eigenvalue weighted by atomic mass is 35.5. The minimum absolute atomic E-state index is 0. The van der Waals surface area contributed by atoms with Crippen LogP contribution in [0.3, 0.4) is 0 Å². The Bertz CT molecular complexity index is 737. The molecule has 0 amide bonds. The van der Waals surface area contributed by atoms with Crippen LogP contribution in [-0.2, 0) is 21.6 Å². The molecule has 180 valence electrons. The Kier molecular flexibility index (Phi) is 11.9. The lowest BCUT2D eigenvalue weighted by atomic mass is 9.74. The highest BCUT2D eigenvalue weighted by Gasteiger charge is 2.50. The normalized spacial score (nSPS) is 13.3. The van der Waals surface area contributed by atoms with Crippen LogP contribution >= 0.6 is 0 Å². The first-order valence-corrected chi connectivity index (χ1v) is 11.8. The highest BCUT2D eigenvalue weighted by molar-refractivity contribution is 5.23. The van der Waals surface area contributed by atoms with Crippen molar-refractivity contribution in [1.82, 2.24) is 0 Å². The van der Waals surface area contributed by atoms with Gasteiger partial charge in [-0.05, 0) is 17.4 Å². The molecule has 0 bridgehead atoms. The number of hydrogen-bond acceptors (Lipinski definition) is 2. The Morgan fingerprint density at radius 2 is 1.25 bits per heavy atom. The van der Waals surface area contributed by atoms with E-state index in [1.54, 1.807) is 0 Å². The van der Waals surface area contributed by atoms with Crippen molar-refractivity contribution in [1.29, 1.82) is 0 Å². The van der Waals surface area contributed by atoms with Gasteiger partial charge in [0.2, 0.25) is 0 Å². The van der Waals surface area contributed by atoms with E-state index < -0.39 is 0 Å². The smallest absolute Gasteiger partial charge is 0.190 e. The van der Waals surface area contributed by atoms with Gasteiger partial charge >= 0.3 is 0 Å². The topological polar surface area (TPSA) is 18.5 Å². The summed E-state index contributed by atoms with van der Waals surface area (Å²) in [7, 11) is 4.68. The number of ether oxygens (including phenoxy) is 2. The van der Waals surface area contributed by atoms with Gasteiger partial charge in [0, 0.05) is 25.3 Å². The first kappa shape index (κ1) is 28.6. The van der Waals surface area contributed by atoms with Crippen molar-refractivity contribution in [3.63, 3.8) is 0 Å². The lowest BCUT2D eigenvalue weighted by Crippen LogP contribution is -3.00. The molecule has 0 radical (unpaired) electrons. The molecule has 0 aliphatic heterocycles. The molecule has 1 atom stereocenters. The number of quaternary nitrogens is 1. The molecule has 0 heterocycles. The molecular weight excluding hydrogens is 418 g/mol. The fourth-order valence-corrected chi connectivity index (χ4v) is 4.80. The Balaban J connectivity index is 0.00000512. The summed E-state index contributed by atoms with van der Waals surface area (Å²) in [5, 5.41) is 0. The molecule has 0 spiro atoms. The number of benzene rings is 2. The van der Waals surface area contributed by atoms with Crippen LogP contribution in [0.4, 0.5) is 0 Å². The van der Waals surface area contributed by atoms with Gasteiger partial charge in [0.05, 0.1) is 33.9 Å². The van der Waals surface area contributed by atoms with Gasteiger partial charge in [0.15, 0.2) is 6.23 Å². The van der Waals surface area contributed by atoms with Crippen LogP contribution in [0, 0.1) is 11.8 Å². The summed E-state index contributed by atoms with van der Waals surface area (Å²) >= 11 is 0. The van der Waals surface area contributed by atoms with Crippen LogP contribution in [0.1, 0.15) is 58.6 Å². The maximum Gasteiger partial charge on any atom is 0.190 e. The summed E-state index contributed by atoms with van der Waals surface area (Å²) in [6.07, 6.45) is 2.30. The van der Waals surface area contributed by atoms with Gasteiger partial charge in [0.25, 0.3) is 0 Å². The van der Waals surface area contributed by atoms with Crippen molar-refractivity contribution >= 4 is 0 Å². The van der Waals surface area contributed by atoms with E-state index in [1.807, 2.05) is 18.2 Å². The zero-order chi connectivity index (χ0) is 22.9. The lowest BCUT2D eigenvalue weighted by Gasteiger charge is -2.53. The summed E-state index contributed by atoms with van der Waals surface area (Å²) in [4.78, 5) is 0. The molecule has 2 aromatic rings. The summed E-state index contributed by atoms with van der Waals surface area (Å²) in [6, 6.07) is 21.4. The number of hydrogen-bond donors (Lipinski definition) is 0. The van der Waals surface area contributed by atoms with E-state index in [-0.39, 0.29) is 24.2 Å². The second-order valence-electron chi connectivity index (χ2n) is 10.1. The zero-order valence-electron chi connectivity index (χ0n) is 21.2. The molecule has 0 N–H and O–H groups in total. The zero-order valence-corrected chi connectivity index (χ0v) is 21.9. The Hall–Kier alpha value is -1.39. The van der Waals surface area contributed by atoms with E-state index in [4.69, 9.17) is 9.47 Å². The number of nitrogens with zero attached hydrogens (tertiary/aromatic N) is 1. The van der Waals surface area contributed by atoms with E-state index >= 15 is 0 Å². The first-order chi connectivity index (χ1) is 14.7. The Labute approximate surface area is 203 Å². The molecule has 0 fully saturated rings. The maximum absolute atomic E-state index is 6.38. The van der Waals surface area contributed by atoms with Crippen molar-refractivity contribution in [3.8, 4) is 0 Å². The van der Waals surface area contributed by atoms with Crippen molar-refractivity contribution < 1.29 is 26.4 Å². The van der Waals surface area contributed by atoms with E-state index in [1.165, 1.54) is 11.1 Å². The van der Waals surface area contributed by atoms with Crippen LogP contribution < -0.4 is 12.4 Å². The summed E-state index contributed by atoms with van der Waals surface area (Å²) in [6.45, 7) is 13.4. The molecule has 0 saturated heterocycles. The molecule has 2 aromatic carbocycles. The second-order valence-corrected chi connectivity index (χ2v) is 10.1. The standard InChI is InChI=1S/C28H44NO2.ClH/c1-23(2)20-28(21-24(3)4,27-16-12-9-13-17-27)29(6,7)25(5)31-19-18-30-22-26-14-10-8-11-15-26;/h8-17,23-25H,18-22H2,1-7H3;1H/q+1;/p-1. The third-order valence-electron chi connectivity index (χ3n) is 6.51. The average molecular weight is 462 g/mol. The SMILES string of the molecule is CC(C)CC(CC(C)C)(c1ccccc1)[N+](C)(C)C(C)OCCOCc1ccccc1.[Cl-]. The third-order valence-corrected chi connectivity index (χ3v) is 6.51. The fourth-order valence-electron chi connectivity index (χ4n) is 4.80. The minimum Gasteiger partial charge on any atom is -1.00 e. The fraction of sp³-hybridized carbons (Fsp3) is 0.571. The number of rotatable bonds is 13. The summed E-state index contributed by atoms with van der Waals surface area (Å²) in [5.41, 5.74) is 2.61. The van der Waals surface area contributed by atoms with Crippen LogP contribution in [0.25, 0.3) is 0 Å². The molecule has 0 saturated carbocycles. The van der Waals surface area contributed by atoms with Crippen LogP contribution in [0.2, 0.25) is 0 Å². The van der Waals surface area contributed by atoms with Gasteiger partial charge in [-0.25, -0.2) is 0 Å². The second kappa shape index (κ2) is 13.3.